The Morgan fingerprint density at radius 3 is 2.90 bits per heavy atom. The standard InChI is InChI=1S/C15H22N2O3/c1-19-10-14(16)15(18)17-11-5-4-8-13(9-11)20-12-6-2-3-7-12/h4-5,8-9,12,14H,2-3,6-7,10,16H2,1H3,(H,17,18). The van der Waals surface area contributed by atoms with E-state index in [-0.39, 0.29) is 12.5 Å². The molecule has 0 saturated heterocycles. The van der Waals surface area contributed by atoms with Crippen LogP contribution in [0.2, 0.25) is 0 Å². The van der Waals surface area contributed by atoms with Gasteiger partial charge in [-0.3, -0.25) is 4.79 Å². The number of carbonyl (C=O) groups is 1. The fourth-order valence-electron chi connectivity index (χ4n) is 2.34. The van der Waals surface area contributed by atoms with E-state index in [1.165, 1.54) is 20.0 Å². The zero-order valence-electron chi connectivity index (χ0n) is 11.8. The van der Waals surface area contributed by atoms with Crippen molar-refractivity contribution in [3.05, 3.63) is 24.3 Å². The van der Waals surface area contributed by atoms with Crippen LogP contribution in [0, 0.1) is 0 Å². The molecular formula is C15H22N2O3. The molecule has 1 aliphatic carbocycles. The lowest BCUT2D eigenvalue weighted by atomic mass is 10.2. The van der Waals surface area contributed by atoms with Crippen LogP contribution >= 0.6 is 0 Å². The lowest BCUT2D eigenvalue weighted by Crippen LogP contribution is -2.39. The minimum Gasteiger partial charge on any atom is -0.490 e. The number of hydrogen-bond acceptors (Lipinski definition) is 4. The van der Waals surface area contributed by atoms with Gasteiger partial charge in [0.15, 0.2) is 0 Å². The SMILES string of the molecule is COCC(N)C(=O)Nc1cccc(OC2CCCC2)c1. The summed E-state index contributed by atoms with van der Waals surface area (Å²) in [5.41, 5.74) is 6.37. The maximum atomic E-state index is 11.8. The Balaban J connectivity index is 1.93. The Hall–Kier alpha value is -1.59. The number of anilines is 1. The fourth-order valence-corrected chi connectivity index (χ4v) is 2.34. The van der Waals surface area contributed by atoms with Crippen molar-refractivity contribution in [1.82, 2.24) is 0 Å². The Morgan fingerprint density at radius 1 is 1.45 bits per heavy atom. The second-order valence-corrected chi connectivity index (χ2v) is 5.10. The molecule has 0 aromatic heterocycles. The molecule has 0 bridgehead atoms. The van der Waals surface area contributed by atoms with E-state index < -0.39 is 6.04 Å². The van der Waals surface area contributed by atoms with Gasteiger partial charge in [0.05, 0.1) is 12.7 Å². The predicted octanol–water partition coefficient (Wildman–Crippen LogP) is 1.92. The van der Waals surface area contributed by atoms with E-state index >= 15 is 0 Å². The molecule has 0 heterocycles. The number of nitrogens with one attached hydrogen (secondary N) is 1. The molecular weight excluding hydrogens is 256 g/mol. The highest BCUT2D eigenvalue weighted by atomic mass is 16.5. The molecule has 1 aromatic carbocycles. The van der Waals surface area contributed by atoms with E-state index in [4.69, 9.17) is 15.2 Å². The Morgan fingerprint density at radius 2 is 2.20 bits per heavy atom. The molecule has 0 radical (unpaired) electrons. The molecule has 1 amide bonds. The molecule has 1 unspecified atom stereocenters. The molecule has 1 fully saturated rings. The number of methoxy groups -OCH3 is 1. The highest BCUT2D eigenvalue weighted by molar-refractivity contribution is 5.94. The third-order valence-electron chi connectivity index (χ3n) is 3.39. The van der Waals surface area contributed by atoms with Crippen LogP contribution in [0.25, 0.3) is 0 Å². The molecule has 3 N–H and O–H groups in total. The summed E-state index contributed by atoms with van der Waals surface area (Å²) in [6.45, 7) is 0.199. The first-order valence-electron chi connectivity index (χ1n) is 7.01. The van der Waals surface area contributed by atoms with E-state index in [0.717, 1.165) is 18.6 Å². The van der Waals surface area contributed by atoms with Crippen LogP contribution < -0.4 is 15.8 Å². The smallest absolute Gasteiger partial charge is 0.243 e. The highest BCUT2D eigenvalue weighted by Crippen LogP contribution is 2.25. The summed E-state index contributed by atoms with van der Waals surface area (Å²) in [6.07, 6.45) is 4.97. The average molecular weight is 278 g/mol. The van der Waals surface area contributed by atoms with E-state index in [2.05, 4.69) is 5.32 Å². The fraction of sp³-hybridized carbons (Fsp3) is 0.533. The van der Waals surface area contributed by atoms with Gasteiger partial charge in [-0.2, -0.15) is 0 Å². The van der Waals surface area contributed by atoms with Crippen molar-refractivity contribution in [2.24, 2.45) is 5.73 Å². The van der Waals surface area contributed by atoms with Gasteiger partial charge >= 0.3 is 0 Å². The second kappa shape index (κ2) is 7.26. The van der Waals surface area contributed by atoms with Gasteiger partial charge in [-0.15, -0.1) is 0 Å². The first-order chi connectivity index (χ1) is 9.69. The number of nitrogens with two attached hydrogens (primary N) is 1. The van der Waals surface area contributed by atoms with Crippen LogP contribution in [0.4, 0.5) is 5.69 Å². The van der Waals surface area contributed by atoms with Gasteiger partial charge in [0.1, 0.15) is 11.8 Å². The van der Waals surface area contributed by atoms with Crippen molar-refractivity contribution in [1.29, 1.82) is 0 Å². The topological polar surface area (TPSA) is 73.6 Å². The largest absolute Gasteiger partial charge is 0.490 e. The van der Waals surface area contributed by atoms with Crippen molar-refractivity contribution in [2.45, 2.75) is 37.8 Å². The zero-order chi connectivity index (χ0) is 14.4. The zero-order valence-corrected chi connectivity index (χ0v) is 11.8. The van der Waals surface area contributed by atoms with Crippen LogP contribution in [0.15, 0.2) is 24.3 Å². The number of benzene rings is 1. The van der Waals surface area contributed by atoms with Gasteiger partial charge in [0, 0.05) is 18.9 Å². The maximum Gasteiger partial charge on any atom is 0.243 e. The van der Waals surface area contributed by atoms with Crippen molar-refractivity contribution in [3.63, 3.8) is 0 Å². The molecule has 1 saturated carbocycles. The van der Waals surface area contributed by atoms with Gasteiger partial charge in [-0.25, -0.2) is 0 Å². The Labute approximate surface area is 119 Å². The van der Waals surface area contributed by atoms with Crippen LogP contribution in [0.3, 0.4) is 0 Å². The Bertz CT molecular complexity index is 444. The summed E-state index contributed by atoms with van der Waals surface area (Å²) in [5, 5.41) is 2.77. The van der Waals surface area contributed by atoms with Gasteiger partial charge < -0.3 is 20.5 Å². The molecule has 1 atom stereocenters. The van der Waals surface area contributed by atoms with Crippen molar-refractivity contribution in [2.75, 3.05) is 19.0 Å². The molecule has 5 heteroatoms. The lowest BCUT2D eigenvalue weighted by molar-refractivity contribution is -0.118. The molecule has 1 aromatic rings. The summed E-state index contributed by atoms with van der Waals surface area (Å²) in [5.74, 6) is 0.528. The molecule has 2 rings (SSSR count). The van der Waals surface area contributed by atoms with Gasteiger partial charge in [-0.05, 0) is 37.8 Å². The van der Waals surface area contributed by atoms with Crippen molar-refractivity contribution < 1.29 is 14.3 Å². The molecule has 0 spiro atoms. The summed E-state index contributed by atoms with van der Waals surface area (Å²) in [7, 11) is 1.52. The quantitative estimate of drug-likeness (QED) is 0.833. The van der Waals surface area contributed by atoms with E-state index in [0.29, 0.717) is 11.8 Å². The van der Waals surface area contributed by atoms with Crippen LogP contribution in [-0.4, -0.2) is 31.8 Å². The summed E-state index contributed by atoms with van der Waals surface area (Å²) in [6, 6.07) is 6.75. The summed E-state index contributed by atoms with van der Waals surface area (Å²) in [4.78, 5) is 11.8. The number of carbonyl (C=O) groups excluding carboxylic acids is 1. The molecule has 1 aliphatic rings. The normalized spacial score (nSPS) is 16.9. The van der Waals surface area contributed by atoms with Gasteiger partial charge in [0.25, 0.3) is 0 Å². The molecule has 0 aliphatic heterocycles. The third kappa shape index (κ3) is 4.21. The van der Waals surface area contributed by atoms with Gasteiger partial charge in [0.2, 0.25) is 5.91 Å². The first kappa shape index (κ1) is 14.8. The lowest BCUT2D eigenvalue weighted by Gasteiger charge is -2.15. The van der Waals surface area contributed by atoms with E-state index in [1.807, 2.05) is 24.3 Å². The predicted molar refractivity (Wildman–Crippen MR) is 77.8 cm³/mol. The molecule has 20 heavy (non-hydrogen) atoms. The Kier molecular flexibility index (Phi) is 5.38. The third-order valence-corrected chi connectivity index (χ3v) is 3.39. The number of amides is 1. The first-order valence-corrected chi connectivity index (χ1v) is 7.01. The van der Waals surface area contributed by atoms with Crippen molar-refractivity contribution in [3.8, 4) is 5.75 Å². The summed E-state index contributed by atoms with van der Waals surface area (Å²) < 4.78 is 10.8. The monoisotopic (exact) mass is 278 g/mol. The number of hydrogen-bond donors (Lipinski definition) is 2. The minimum absolute atomic E-state index is 0.199. The maximum absolute atomic E-state index is 11.8. The average Bonchev–Trinajstić information content (AvgIpc) is 2.92. The minimum atomic E-state index is -0.667. The number of ether oxygens (including phenoxy) is 2. The van der Waals surface area contributed by atoms with E-state index in [1.54, 1.807) is 0 Å². The number of rotatable bonds is 6. The van der Waals surface area contributed by atoms with Crippen LogP contribution in [0.1, 0.15) is 25.7 Å². The van der Waals surface area contributed by atoms with Crippen LogP contribution in [-0.2, 0) is 9.53 Å². The highest BCUT2D eigenvalue weighted by Gasteiger charge is 2.17. The second-order valence-electron chi connectivity index (χ2n) is 5.10. The van der Waals surface area contributed by atoms with Crippen molar-refractivity contribution >= 4 is 11.6 Å². The molecule has 5 nitrogen and oxygen atoms in total. The van der Waals surface area contributed by atoms with Crippen LogP contribution in [0.5, 0.6) is 5.75 Å². The summed E-state index contributed by atoms with van der Waals surface area (Å²) >= 11 is 0. The van der Waals surface area contributed by atoms with E-state index in [9.17, 15) is 4.79 Å². The van der Waals surface area contributed by atoms with Gasteiger partial charge in [-0.1, -0.05) is 6.07 Å². The molecule has 110 valence electrons.